The molecule has 0 radical (unpaired) electrons. The van der Waals surface area contributed by atoms with Crippen molar-refractivity contribution in [2.75, 3.05) is 24.9 Å². The van der Waals surface area contributed by atoms with Crippen LogP contribution in [0.1, 0.15) is 10.4 Å². The number of nitrogens with one attached hydrogen (secondary N) is 2. The van der Waals surface area contributed by atoms with Crippen molar-refractivity contribution in [2.24, 2.45) is 0 Å². The summed E-state index contributed by atoms with van der Waals surface area (Å²) in [6.07, 6.45) is 1.45. The maximum Gasteiger partial charge on any atom is 0.337 e. The van der Waals surface area contributed by atoms with Gasteiger partial charge >= 0.3 is 5.97 Å². The van der Waals surface area contributed by atoms with E-state index in [0.29, 0.717) is 22.9 Å². The number of methoxy groups -OCH3 is 2. The zero-order chi connectivity index (χ0) is 18.4. The number of hydrogen-bond acceptors (Lipinski definition) is 7. The van der Waals surface area contributed by atoms with Gasteiger partial charge in [0, 0.05) is 11.8 Å². The molecule has 0 aliphatic rings. The lowest BCUT2D eigenvalue weighted by molar-refractivity contribution is 0.0601. The minimum absolute atomic E-state index is 0.394. The summed E-state index contributed by atoms with van der Waals surface area (Å²) in [7, 11) is 2.96. The molecule has 0 aliphatic heterocycles. The van der Waals surface area contributed by atoms with Crippen molar-refractivity contribution in [2.45, 2.75) is 0 Å². The van der Waals surface area contributed by atoms with E-state index in [1.54, 1.807) is 31.4 Å². The lowest BCUT2D eigenvalue weighted by atomic mass is 10.2. The van der Waals surface area contributed by atoms with Crippen molar-refractivity contribution < 1.29 is 14.3 Å². The Balaban J connectivity index is 1.78. The molecule has 0 fully saturated rings. The van der Waals surface area contributed by atoms with E-state index < -0.39 is 5.97 Å². The standard InChI is InChI=1S/C19H18N4O3/c1-25-16-9-4-3-8-15(16)23-18-11-17(20-12-21-18)22-14-7-5-6-13(10-14)19(24)26-2/h3-12H,1-2H3,(H2,20,21,22,23). The Morgan fingerprint density at radius 3 is 2.46 bits per heavy atom. The molecular formula is C19H18N4O3. The third-order valence-corrected chi connectivity index (χ3v) is 3.59. The molecule has 7 nitrogen and oxygen atoms in total. The van der Waals surface area contributed by atoms with E-state index in [-0.39, 0.29) is 0 Å². The van der Waals surface area contributed by atoms with Crippen molar-refractivity contribution in [1.82, 2.24) is 9.97 Å². The lowest BCUT2D eigenvalue weighted by Crippen LogP contribution is -2.03. The molecular weight excluding hydrogens is 332 g/mol. The van der Waals surface area contributed by atoms with Crippen LogP contribution >= 0.6 is 0 Å². The van der Waals surface area contributed by atoms with Crippen LogP contribution in [-0.2, 0) is 4.74 Å². The van der Waals surface area contributed by atoms with E-state index in [4.69, 9.17) is 9.47 Å². The Labute approximate surface area is 151 Å². The molecule has 2 N–H and O–H groups in total. The van der Waals surface area contributed by atoms with E-state index in [1.807, 2.05) is 30.3 Å². The van der Waals surface area contributed by atoms with Crippen molar-refractivity contribution in [1.29, 1.82) is 0 Å². The molecule has 26 heavy (non-hydrogen) atoms. The van der Waals surface area contributed by atoms with Gasteiger partial charge < -0.3 is 20.1 Å². The first kappa shape index (κ1) is 17.2. The van der Waals surface area contributed by atoms with Gasteiger partial charge in [0.15, 0.2) is 0 Å². The van der Waals surface area contributed by atoms with Crippen LogP contribution < -0.4 is 15.4 Å². The van der Waals surface area contributed by atoms with Gasteiger partial charge in [0.1, 0.15) is 23.7 Å². The summed E-state index contributed by atoms with van der Waals surface area (Å²) < 4.78 is 10.1. The molecule has 0 bridgehead atoms. The Hall–Kier alpha value is -3.61. The average Bonchev–Trinajstić information content (AvgIpc) is 2.68. The van der Waals surface area contributed by atoms with Crippen molar-refractivity contribution in [3.8, 4) is 5.75 Å². The topological polar surface area (TPSA) is 85.4 Å². The van der Waals surface area contributed by atoms with Crippen LogP contribution in [0.5, 0.6) is 5.75 Å². The third kappa shape index (κ3) is 4.07. The minimum Gasteiger partial charge on any atom is -0.495 e. The fourth-order valence-electron chi connectivity index (χ4n) is 2.37. The molecule has 2 aromatic carbocycles. The summed E-state index contributed by atoms with van der Waals surface area (Å²) in [5.74, 6) is 1.51. The second kappa shape index (κ2) is 7.98. The van der Waals surface area contributed by atoms with Crippen molar-refractivity contribution >= 4 is 29.0 Å². The summed E-state index contributed by atoms with van der Waals surface area (Å²) in [5, 5.41) is 6.35. The molecule has 132 valence electrons. The highest BCUT2D eigenvalue weighted by Gasteiger charge is 2.07. The van der Waals surface area contributed by atoms with Crippen molar-refractivity contribution in [3.63, 3.8) is 0 Å². The summed E-state index contributed by atoms with van der Waals surface area (Å²) in [5.41, 5.74) is 1.97. The molecule has 0 spiro atoms. The largest absolute Gasteiger partial charge is 0.495 e. The quantitative estimate of drug-likeness (QED) is 0.655. The normalized spacial score (nSPS) is 10.1. The molecule has 1 heterocycles. The minimum atomic E-state index is -0.394. The number of benzene rings is 2. The van der Waals surface area contributed by atoms with Crippen LogP contribution in [-0.4, -0.2) is 30.2 Å². The van der Waals surface area contributed by atoms with Gasteiger partial charge in [0.25, 0.3) is 0 Å². The molecule has 0 aliphatic carbocycles. The first-order chi connectivity index (χ1) is 12.7. The van der Waals surface area contributed by atoms with Crippen LogP contribution in [0, 0.1) is 0 Å². The van der Waals surface area contributed by atoms with E-state index in [2.05, 4.69) is 20.6 Å². The number of rotatable bonds is 6. The van der Waals surface area contributed by atoms with Gasteiger partial charge in [-0.2, -0.15) is 0 Å². The third-order valence-electron chi connectivity index (χ3n) is 3.59. The number of esters is 1. The number of aromatic nitrogens is 2. The zero-order valence-electron chi connectivity index (χ0n) is 14.4. The van der Waals surface area contributed by atoms with E-state index >= 15 is 0 Å². The Kier molecular flexibility index (Phi) is 5.28. The molecule has 7 heteroatoms. The van der Waals surface area contributed by atoms with Gasteiger partial charge in [-0.3, -0.25) is 0 Å². The first-order valence-electron chi connectivity index (χ1n) is 7.87. The van der Waals surface area contributed by atoms with Crippen LogP contribution in [0.25, 0.3) is 0 Å². The molecule has 0 amide bonds. The maximum absolute atomic E-state index is 11.6. The first-order valence-corrected chi connectivity index (χ1v) is 7.87. The summed E-state index contributed by atoms with van der Waals surface area (Å²) >= 11 is 0. The molecule has 0 unspecified atom stereocenters. The molecule has 0 saturated heterocycles. The van der Waals surface area contributed by atoms with Gasteiger partial charge in [-0.05, 0) is 30.3 Å². The highest BCUT2D eigenvalue weighted by molar-refractivity contribution is 5.90. The number of nitrogens with zero attached hydrogens (tertiary/aromatic N) is 2. The van der Waals surface area contributed by atoms with Gasteiger partial charge in [0.05, 0.1) is 25.5 Å². The number of ether oxygens (including phenoxy) is 2. The molecule has 3 rings (SSSR count). The van der Waals surface area contributed by atoms with Crippen LogP contribution in [0.15, 0.2) is 60.9 Å². The van der Waals surface area contributed by atoms with E-state index in [0.717, 1.165) is 11.4 Å². The van der Waals surface area contributed by atoms with E-state index in [9.17, 15) is 4.79 Å². The summed E-state index contributed by atoms with van der Waals surface area (Å²) in [4.78, 5) is 20.1. The van der Waals surface area contributed by atoms with Crippen LogP contribution in [0.4, 0.5) is 23.0 Å². The van der Waals surface area contributed by atoms with Crippen molar-refractivity contribution in [3.05, 3.63) is 66.5 Å². The summed E-state index contributed by atoms with van der Waals surface area (Å²) in [6, 6.07) is 16.3. The maximum atomic E-state index is 11.6. The molecule has 3 aromatic rings. The molecule has 1 aromatic heterocycles. The predicted molar refractivity (Wildman–Crippen MR) is 99.4 cm³/mol. The predicted octanol–water partition coefficient (Wildman–Crippen LogP) is 3.76. The monoisotopic (exact) mass is 350 g/mol. The Bertz CT molecular complexity index is 915. The van der Waals surface area contributed by atoms with Gasteiger partial charge in [-0.15, -0.1) is 0 Å². The average molecular weight is 350 g/mol. The second-order valence-corrected chi connectivity index (χ2v) is 5.31. The fraction of sp³-hybridized carbons (Fsp3) is 0.105. The fourth-order valence-corrected chi connectivity index (χ4v) is 2.37. The number of carbonyl (C=O) groups is 1. The van der Waals surface area contributed by atoms with Gasteiger partial charge in [-0.25, -0.2) is 14.8 Å². The van der Waals surface area contributed by atoms with Gasteiger partial charge in [-0.1, -0.05) is 18.2 Å². The molecule has 0 saturated carbocycles. The zero-order valence-corrected chi connectivity index (χ0v) is 14.4. The highest BCUT2D eigenvalue weighted by atomic mass is 16.5. The van der Waals surface area contributed by atoms with Gasteiger partial charge in [0.2, 0.25) is 0 Å². The van der Waals surface area contributed by atoms with Crippen LogP contribution in [0.3, 0.4) is 0 Å². The second-order valence-electron chi connectivity index (χ2n) is 5.31. The number of hydrogen-bond donors (Lipinski definition) is 2. The SMILES string of the molecule is COC(=O)c1cccc(Nc2cc(Nc3ccccc3OC)ncn2)c1. The number of anilines is 4. The highest BCUT2D eigenvalue weighted by Crippen LogP contribution is 2.27. The Morgan fingerprint density at radius 1 is 0.923 bits per heavy atom. The molecule has 0 atom stereocenters. The smallest absolute Gasteiger partial charge is 0.337 e. The number of para-hydroxylation sites is 2. The van der Waals surface area contributed by atoms with Crippen LogP contribution in [0.2, 0.25) is 0 Å². The van der Waals surface area contributed by atoms with E-state index in [1.165, 1.54) is 13.4 Å². The Morgan fingerprint density at radius 2 is 1.69 bits per heavy atom. The number of carbonyl (C=O) groups excluding carboxylic acids is 1. The summed E-state index contributed by atoms with van der Waals surface area (Å²) in [6.45, 7) is 0. The lowest BCUT2D eigenvalue weighted by Gasteiger charge is -2.11.